The monoisotopic (exact) mass is 378 g/mol. The lowest BCUT2D eigenvalue weighted by Gasteiger charge is -2.54. The number of hydrogen-bond donors (Lipinski definition) is 1. The van der Waals surface area contributed by atoms with Crippen LogP contribution in [-0.4, -0.2) is 17.4 Å². The van der Waals surface area contributed by atoms with Crippen molar-refractivity contribution in [1.82, 2.24) is 5.32 Å². The molecule has 1 aliphatic heterocycles. The lowest BCUT2D eigenvalue weighted by Crippen LogP contribution is -2.64. The van der Waals surface area contributed by atoms with E-state index in [0.717, 1.165) is 6.42 Å². The van der Waals surface area contributed by atoms with Crippen LogP contribution in [0.3, 0.4) is 0 Å². The van der Waals surface area contributed by atoms with Gasteiger partial charge in [0.15, 0.2) is 0 Å². The van der Waals surface area contributed by atoms with Gasteiger partial charge >= 0.3 is 0 Å². The standard InChI is InChI=1S/C25H50N2/c1-11-17-18-24(9,16-6)25(10)26-20(22(7,12-2)13-3)19-21(27-25)23(8,14-4)15-5/h20,26H,11-19H2,1-10H3. The highest BCUT2D eigenvalue weighted by Gasteiger charge is 2.50. The van der Waals surface area contributed by atoms with Crippen molar-refractivity contribution in [2.75, 3.05) is 0 Å². The zero-order valence-corrected chi connectivity index (χ0v) is 20.4. The van der Waals surface area contributed by atoms with Crippen LogP contribution in [0.1, 0.15) is 127 Å². The van der Waals surface area contributed by atoms with E-state index in [1.54, 1.807) is 0 Å². The Balaban J connectivity index is 3.50. The van der Waals surface area contributed by atoms with Gasteiger partial charge in [0.25, 0.3) is 0 Å². The number of unbranched alkanes of at least 4 members (excludes halogenated alkanes) is 1. The highest BCUT2D eigenvalue weighted by Crippen LogP contribution is 2.47. The van der Waals surface area contributed by atoms with Crippen molar-refractivity contribution in [3.05, 3.63) is 0 Å². The fourth-order valence-electron chi connectivity index (χ4n) is 4.77. The molecule has 0 aromatic heterocycles. The number of aliphatic imine (C=N–C) groups is 1. The van der Waals surface area contributed by atoms with Crippen LogP contribution in [-0.2, 0) is 0 Å². The summed E-state index contributed by atoms with van der Waals surface area (Å²) in [6, 6.07) is 0.509. The third kappa shape index (κ3) is 4.80. The van der Waals surface area contributed by atoms with E-state index in [1.165, 1.54) is 57.1 Å². The summed E-state index contributed by atoms with van der Waals surface area (Å²) in [4.78, 5) is 5.56. The summed E-state index contributed by atoms with van der Waals surface area (Å²) in [6.45, 7) is 23.9. The molecule has 3 atom stereocenters. The average molecular weight is 379 g/mol. The third-order valence-electron chi connectivity index (χ3n) is 8.96. The molecular weight excluding hydrogens is 328 g/mol. The van der Waals surface area contributed by atoms with E-state index in [9.17, 15) is 0 Å². The fourth-order valence-corrected chi connectivity index (χ4v) is 4.77. The summed E-state index contributed by atoms with van der Waals surface area (Å²) in [5, 5.41) is 4.14. The van der Waals surface area contributed by atoms with Gasteiger partial charge in [-0.1, -0.05) is 75.2 Å². The fraction of sp³-hybridized carbons (Fsp3) is 0.960. The molecule has 0 amide bonds. The van der Waals surface area contributed by atoms with Crippen molar-refractivity contribution in [2.45, 2.75) is 139 Å². The first kappa shape index (κ1) is 24.7. The number of nitrogens with zero attached hydrogens (tertiary/aromatic N) is 1. The molecule has 0 bridgehead atoms. The van der Waals surface area contributed by atoms with Crippen molar-refractivity contribution in [3.8, 4) is 0 Å². The number of rotatable bonds is 11. The minimum absolute atomic E-state index is 0.174. The van der Waals surface area contributed by atoms with Gasteiger partial charge in [0.1, 0.15) is 5.66 Å². The molecular formula is C25H50N2. The normalized spacial score (nSPS) is 26.6. The molecule has 0 aromatic carbocycles. The first-order valence-electron chi connectivity index (χ1n) is 11.9. The lowest BCUT2D eigenvalue weighted by molar-refractivity contribution is 0.0483. The van der Waals surface area contributed by atoms with Crippen LogP contribution >= 0.6 is 0 Å². The summed E-state index contributed by atoms with van der Waals surface area (Å²) in [6.07, 6.45) is 10.9. The van der Waals surface area contributed by atoms with Gasteiger partial charge in [0.05, 0.1) is 0 Å². The molecule has 0 spiro atoms. The molecule has 1 N–H and O–H groups in total. The van der Waals surface area contributed by atoms with E-state index in [-0.39, 0.29) is 16.5 Å². The predicted octanol–water partition coefficient (Wildman–Crippen LogP) is 7.76. The van der Waals surface area contributed by atoms with Gasteiger partial charge in [-0.25, -0.2) is 0 Å². The van der Waals surface area contributed by atoms with Crippen LogP contribution in [0.25, 0.3) is 0 Å². The van der Waals surface area contributed by atoms with E-state index in [4.69, 9.17) is 4.99 Å². The SMILES string of the molecule is CCCCC(C)(CC)C1(C)N=C(C(C)(CC)CC)CC(C(C)(CC)CC)N1. The quantitative estimate of drug-likeness (QED) is 0.390. The van der Waals surface area contributed by atoms with Crippen molar-refractivity contribution in [2.24, 2.45) is 21.2 Å². The lowest BCUT2D eigenvalue weighted by atomic mass is 9.65. The Morgan fingerprint density at radius 3 is 1.89 bits per heavy atom. The van der Waals surface area contributed by atoms with E-state index in [0.29, 0.717) is 11.5 Å². The Kier molecular flexibility index (Phi) is 8.60. The summed E-state index contributed by atoms with van der Waals surface area (Å²) in [5.41, 5.74) is 2.04. The molecule has 3 unspecified atom stereocenters. The molecule has 0 radical (unpaired) electrons. The second-order valence-corrected chi connectivity index (χ2v) is 10.2. The van der Waals surface area contributed by atoms with Gasteiger partial charge in [0, 0.05) is 29.0 Å². The van der Waals surface area contributed by atoms with Crippen LogP contribution in [0.5, 0.6) is 0 Å². The first-order valence-corrected chi connectivity index (χ1v) is 11.9. The van der Waals surface area contributed by atoms with Gasteiger partial charge in [-0.3, -0.25) is 10.3 Å². The second kappa shape index (κ2) is 9.42. The van der Waals surface area contributed by atoms with Gasteiger partial charge in [-0.05, 0) is 50.9 Å². The molecule has 2 heteroatoms. The maximum Gasteiger partial charge on any atom is 0.113 e. The predicted molar refractivity (Wildman–Crippen MR) is 123 cm³/mol. The molecule has 27 heavy (non-hydrogen) atoms. The minimum Gasteiger partial charge on any atom is -0.289 e. The van der Waals surface area contributed by atoms with Crippen LogP contribution < -0.4 is 5.32 Å². The van der Waals surface area contributed by atoms with Gasteiger partial charge in [0.2, 0.25) is 0 Å². The molecule has 2 nitrogen and oxygen atoms in total. The zero-order valence-electron chi connectivity index (χ0n) is 20.4. The van der Waals surface area contributed by atoms with Crippen LogP contribution in [0.15, 0.2) is 4.99 Å². The Hall–Kier alpha value is -0.370. The third-order valence-corrected chi connectivity index (χ3v) is 8.96. The smallest absolute Gasteiger partial charge is 0.113 e. The molecule has 0 saturated heterocycles. The number of nitrogens with one attached hydrogen (secondary N) is 1. The van der Waals surface area contributed by atoms with Gasteiger partial charge in [-0.2, -0.15) is 0 Å². The molecule has 1 heterocycles. The summed E-state index contributed by atoms with van der Waals surface area (Å²) in [7, 11) is 0. The Bertz CT molecular complexity index is 487. The summed E-state index contributed by atoms with van der Waals surface area (Å²) >= 11 is 0. The largest absolute Gasteiger partial charge is 0.289 e. The molecule has 1 rings (SSSR count). The van der Waals surface area contributed by atoms with Crippen LogP contribution in [0.4, 0.5) is 0 Å². The van der Waals surface area contributed by atoms with Gasteiger partial charge in [-0.15, -0.1) is 0 Å². The maximum absolute atomic E-state index is 5.56. The van der Waals surface area contributed by atoms with E-state index < -0.39 is 0 Å². The summed E-state index contributed by atoms with van der Waals surface area (Å²) in [5.74, 6) is 0. The van der Waals surface area contributed by atoms with E-state index >= 15 is 0 Å². The topological polar surface area (TPSA) is 24.4 Å². The molecule has 0 aliphatic carbocycles. The number of hydrogen-bond acceptors (Lipinski definition) is 2. The Morgan fingerprint density at radius 1 is 0.926 bits per heavy atom. The Morgan fingerprint density at radius 2 is 1.48 bits per heavy atom. The zero-order chi connectivity index (χ0) is 20.9. The summed E-state index contributed by atoms with van der Waals surface area (Å²) < 4.78 is 0. The van der Waals surface area contributed by atoms with Crippen LogP contribution in [0, 0.1) is 16.2 Å². The first-order chi connectivity index (χ1) is 12.5. The van der Waals surface area contributed by atoms with E-state index in [2.05, 4.69) is 74.6 Å². The van der Waals surface area contributed by atoms with Crippen LogP contribution in [0.2, 0.25) is 0 Å². The van der Waals surface area contributed by atoms with Crippen molar-refractivity contribution in [1.29, 1.82) is 0 Å². The second-order valence-electron chi connectivity index (χ2n) is 10.2. The van der Waals surface area contributed by atoms with Crippen molar-refractivity contribution in [3.63, 3.8) is 0 Å². The van der Waals surface area contributed by atoms with Crippen molar-refractivity contribution < 1.29 is 0 Å². The van der Waals surface area contributed by atoms with Crippen molar-refractivity contribution >= 4 is 5.71 Å². The van der Waals surface area contributed by atoms with E-state index in [1.807, 2.05) is 0 Å². The highest BCUT2D eigenvalue weighted by molar-refractivity contribution is 5.91. The average Bonchev–Trinajstić information content (AvgIpc) is 2.69. The molecule has 0 aromatic rings. The molecule has 0 saturated carbocycles. The minimum atomic E-state index is -0.174. The molecule has 160 valence electrons. The highest BCUT2D eigenvalue weighted by atomic mass is 15.2. The van der Waals surface area contributed by atoms with Gasteiger partial charge < -0.3 is 0 Å². The molecule has 0 fully saturated rings. The Labute approximate surface area is 171 Å². The molecule has 1 aliphatic rings. The maximum atomic E-state index is 5.56.